The van der Waals surface area contributed by atoms with Gasteiger partial charge in [0.1, 0.15) is 0 Å². The van der Waals surface area contributed by atoms with Crippen molar-refractivity contribution in [3.63, 3.8) is 0 Å². The number of primary amides is 1. The lowest BCUT2D eigenvalue weighted by molar-refractivity contribution is 0.100. The lowest BCUT2D eigenvalue weighted by atomic mass is 10.1. The summed E-state index contributed by atoms with van der Waals surface area (Å²) in [4.78, 5) is 10.7. The van der Waals surface area contributed by atoms with Crippen LogP contribution in [0.25, 0.3) is 0 Å². The molecular formula is C9H11N3O. The van der Waals surface area contributed by atoms with Gasteiger partial charge in [0.15, 0.2) is 0 Å². The number of carbonyl (C=O) groups excluding carboxylic acids is 1. The summed E-state index contributed by atoms with van der Waals surface area (Å²) in [6, 6.07) is 6.73. The number of carbonyl (C=O) groups is 1. The molecule has 1 amide bonds. The van der Waals surface area contributed by atoms with E-state index in [0.29, 0.717) is 12.0 Å². The number of nitrogens with one attached hydrogen (secondary N) is 1. The molecule has 0 aromatic heterocycles. The summed E-state index contributed by atoms with van der Waals surface area (Å²) in [6.07, 6.45) is 0.402. The maximum atomic E-state index is 10.7. The number of hydrogen-bond donors (Lipinski definition) is 3. The van der Waals surface area contributed by atoms with Crippen molar-refractivity contribution < 1.29 is 4.79 Å². The zero-order chi connectivity index (χ0) is 9.84. The van der Waals surface area contributed by atoms with E-state index in [1.807, 2.05) is 0 Å². The standard InChI is InChI=1S/C9H11N3O/c10-8(11)5-6-1-3-7(4-2-6)9(12)13/h1-4H,5H2,(H3,10,11)(H2,12,13). The second-order valence-corrected chi connectivity index (χ2v) is 2.76. The number of amides is 1. The van der Waals surface area contributed by atoms with E-state index in [2.05, 4.69) is 0 Å². The molecule has 0 bridgehead atoms. The minimum atomic E-state index is -0.450. The smallest absolute Gasteiger partial charge is 0.248 e. The Morgan fingerprint density at radius 3 is 2.15 bits per heavy atom. The monoisotopic (exact) mass is 177 g/mol. The topological polar surface area (TPSA) is 93.0 Å². The van der Waals surface area contributed by atoms with Crippen LogP contribution in [0.3, 0.4) is 0 Å². The summed E-state index contributed by atoms with van der Waals surface area (Å²) in [5.41, 5.74) is 11.6. The zero-order valence-corrected chi connectivity index (χ0v) is 7.08. The van der Waals surface area contributed by atoms with Crippen molar-refractivity contribution in [1.82, 2.24) is 0 Å². The summed E-state index contributed by atoms with van der Waals surface area (Å²) in [6.45, 7) is 0. The lowest BCUT2D eigenvalue weighted by Crippen LogP contribution is -2.13. The summed E-state index contributed by atoms with van der Waals surface area (Å²) >= 11 is 0. The molecular weight excluding hydrogens is 166 g/mol. The molecule has 4 nitrogen and oxygen atoms in total. The minimum absolute atomic E-state index is 0.104. The van der Waals surface area contributed by atoms with E-state index in [0.717, 1.165) is 5.56 Å². The van der Waals surface area contributed by atoms with Gasteiger partial charge in [-0.05, 0) is 17.7 Å². The van der Waals surface area contributed by atoms with Crippen molar-refractivity contribution in [3.8, 4) is 0 Å². The van der Waals surface area contributed by atoms with Crippen LogP contribution in [0, 0.1) is 5.41 Å². The third-order valence-electron chi connectivity index (χ3n) is 1.63. The van der Waals surface area contributed by atoms with Gasteiger partial charge in [-0.2, -0.15) is 0 Å². The number of amidine groups is 1. The zero-order valence-electron chi connectivity index (χ0n) is 7.08. The van der Waals surface area contributed by atoms with E-state index in [9.17, 15) is 4.79 Å². The summed E-state index contributed by atoms with van der Waals surface area (Å²) in [5, 5.41) is 7.06. The van der Waals surface area contributed by atoms with Crippen LogP contribution in [0.15, 0.2) is 24.3 Å². The molecule has 0 saturated heterocycles. The molecule has 0 atom stereocenters. The maximum absolute atomic E-state index is 10.7. The average Bonchev–Trinajstić information content (AvgIpc) is 2.04. The van der Waals surface area contributed by atoms with Crippen molar-refractivity contribution in [2.45, 2.75) is 6.42 Å². The molecule has 0 spiro atoms. The Bertz CT molecular complexity index is 329. The van der Waals surface area contributed by atoms with E-state index in [1.165, 1.54) is 0 Å². The highest BCUT2D eigenvalue weighted by atomic mass is 16.1. The Hall–Kier alpha value is -1.84. The van der Waals surface area contributed by atoms with Crippen LogP contribution in [0.5, 0.6) is 0 Å². The molecule has 0 aliphatic rings. The average molecular weight is 177 g/mol. The van der Waals surface area contributed by atoms with E-state index in [4.69, 9.17) is 16.9 Å². The van der Waals surface area contributed by atoms with Crippen molar-refractivity contribution >= 4 is 11.7 Å². The predicted molar refractivity (Wildman–Crippen MR) is 50.6 cm³/mol. The first-order valence-electron chi connectivity index (χ1n) is 3.81. The summed E-state index contributed by atoms with van der Waals surface area (Å²) in [7, 11) is 0. The fourth-order valence-corrected chi connectivity index (χ4v) is 1.01. The van der Waals surface area contributed by atoms with E-state index < -0.39 is 5.91 Å². The Morgan fingerprint density at radius 2 is 1.77 bits per heavy atom. The van der Waals surface area contributed by atoms with Crippen molar-refractivity contribution in [3.05, 3.63) is 35.4 Å². The van der Waals surface area contributed by atoms with Gasteiger partial charge < -0.3 is 11.5 Å². The second-order valence-electron chi connectivity index (χ2n) is 2.76. The SMILES string of the molecule is N=C(N)Cc1ccc(C(N)=O)cc1. The van der Waals surface area contributed by atoms with Crippen molar-refractivity contribution in [1.29, 1.82) is 5.41 Å². The van der Waals surface area contributed by atoms with Gasteiger partial charge in [0, 0.05) is 12.0 Å². The highest BCUT2D eigenvalue weighted by Gasteiger charge is 1.99. The first-order chi connectivity index (χ1) is 6.09. The molecule has 68 valence electrons. The summed E-state index contributed by atoms with van der Waals surface area (Å²) < 4.78 is 0. The Labute approximate surface area is 76.1 Å². The Morgan fingerprint density at radius 1 is 1.23 bits per heavy atom. The largest absolute Gasteiger partial charge is 0.387 e. The molecule has 5 N–H and O–H groups in total. The number of benzene rings is 1. The van der Waals surface area contributed by atoms with Crippen LogP contribution >= 0.6 is 0 Å². The van der Waals surface area contributed by atoms with Gasteiger partial charge in [0.2, 0.25) is 5.91 Å². The van der Waals surface area contributed by atoms with Crippen LogP contribution in [-0.2, 0) is 6.42 Å². The number of hydrogen-bond acceptors (Lipinski definition) is 2. The molecule has 0 saturated carbocycles. The third-order valence-corrected chi connectivity index (χ3v) is 1.63. The molecule has 1 rings (SSSR count). The lowest BCUT2D eigenvalue weighted by Gasteiger charge is -1.99. The number of nitrogens with two attached hydrogens (primary N) is 2. The van der Waals surface area contributed by atoms with Crippen molar-refractivity contribution in [2.75, 3.05) is 0 Å². The normalized spacial score (nSPS) is 9.54. The van der Waals surface area contributed by atoms with Gasteiger partial charge >= 0.3 is 0 Å². The fourth-order valence-electron chi connectivity index (χ4n) is 1.01. The Kier molecular flexibility index (Phi) is 2.64. The minimum Gasteiger partial charge on any atom is -0.387 e. The quantitative estimate of drug-likeness (QED) is 0.456. The fraction of sp³-hybridized carbons (Fsp3) is 0.111. The molecule has 0 unspecified atom stereocenters. The second kappa shape index (κ2) is 3.71. The van der Waals surface area contributed by atoms with Gasteiger partial charge in [-0.1, -0.05) is 12.1 Å². The highest BCUT2D eigenvalue weighted by molar-refractivity contribution is 5.92. The molecule has 13 heavy (non-hydrogen) atoms. The molecule has 0 fully saturated rings. The summed E-state index contributed by atoms with van der Waals surface area (Å²) in [5.74, 6) is -0.346. The van der Waals surface area contributed by atoms with Gasteiger partial charge in [0.05, 0.1) is 5.84 Å². The third kappa shape index (κ3) is 2.59. The van der Waals surface area contributed by atoms with Gasteiger partial charge in [-0.15, -0.1) is 0 Å². The van der Waals surface area contributed by atoms with Crippen LogP contribution < -0.4 is 11.5 Å². The van der Waals surface area contributed by atoms with Crippen LogP contribution in [0.1, 0.15) is 15.9 Å². The molecule has 0 aliphatic heterocycles. The molecule has 0 heterocycles. The van der Waals surface area contributed by atoms with Gasteiger partial charge in [-0.25, -0.2) is 0 Å². The highest BCUT2D eigenvalue weighted by Crippen LogP contribution is 2.04. The van der Waals surface area contributed by atoms with Gasteiger partial charge in [-0.3, -0.25) is 10.2 Å². The molecule has 0 aliphatic carbocycles. The van der Waals surface area contributed by atoms with Crippen LogP contribution in [0.2, 0.25) is 0 Å². The first-order valence-corrected chi connectivity index (χ1v) is 3.81. The Balaban J connectivity index is 2.81. The molecule has 1 aromatic rings. The van der Waals surface area contributed by atoms with Gasteiger partial charge in [0.25, 0.3) is 0 Å². The molecule has 4 heteroatoms. The van der Waals surface area contributed by atoms with E-state index in [-0.39, 0.29) is 5.84 Å². The molecule has 1 aromatic carbocycles. The van der Waals surface area contributed by atoms with Crippen LogP contribution in [0.4, 0.5) is 0 Å². The predicted octanol–water partition coefficient (Wildman–Crippen LogP) is 0.264. The van der Waals surface area contributed by atoms with Crippen LogP contribution in [-0.4, -0.2) is 11.7 Å². The van der Waals surface area contributed by atoms with E-state index in [1.54, 1.807) is 24.3 Å². The molecule has 0 radical (unpaired) electrons. The number of rotatable bonds is 3. The maximum Gasteiger partial charge on any atom is 0.248 e. The first kappa shape index (κ1) is 9.25. The van der Waals surface area contributed by atoms with Crippen molar-refractivity contribution in [2.24, 2.45) is 11.5 Å². The van der Waals surface area contributed by atoms with E-state index >= 15 is 0 Å².